The fourth-order valence-corrected chi connectivity index (χ4v) is 2.79. The highest BCUT2D eigenvalue weighted by molar-refractivity contribution is 6.31. The van der Waals surface area contributed by atoms with E-state index in [9.17, 15) is 4.39 Å². The zero-order valence-electron chi connectivity index (χ0n) is 15.1. The predicted octanol–water partition coefficient (Wildman–Crippen LogP) is 5.00. The molecule has 0 saturated heterocycles. The minimum atomic E-state index is -0.474. The fraction of sp³-hybridized carbons (Fsp3) is 0.211. The highest BCUT2D eigenvalue weighted by atomic mass is 35.5. The molecule has 3 aromatic rings. The summed E-state index contributed by atoms with van der Waals surface area (Å²) in [5.74, 6) is 0.345. The van der Waals surface area contributed by atoms with Gasteiger partial charge in [0.05, 0.1) is 11.2 Å². The first-order valence-corrected chi connectivity index (χ1v) is 9.00. The molecule has 2 aromatic carbocycles. The van der Waals surface area contributed by atoms with Crippen LogP contribution in [0.3, 0.4) is 0 Å². The molecule has 0 radical (unpaired) electrons. The van der Waals surface area contributed by atoms with Crippen molar-refractivity contribution in [2.24, 2.45) is 0 Å². The number of hydrogen-bond donors (Lipinski definition) is 2. The Kier molecular flexibility index (Phi) is 6.03. The van der Waals surface area contributed by atoms with Gasteiger partial charge in [-0.2, -0.15) is 10.1 Å². The van der Waals surface area contributed by atoms with Gasteiger partial charge in [0.25, 0.3) is 0 Å². The first kappa shape index (κ1) is 18.8. The Balaban J connectivity index is 1.71. The van der Waals surface area contributed by atoms with Crippen molar-refractivity contribution in [3.05, 3.63) is 59.5 Å². The quantitative estimate of drug-likeness (QED) is 0.595. The molecule has 2 N–H and O–H groups in total. The van der Waals surface area contributed by atoms with Gasteiger partial charge in [-0.15, -0.1) is 5.10 Å². The van der Waals surface area contributed by atoms with Crippen LogP contribution in [0.25, 0.3) is 0 Å². The van der Waals surface area contributed by atoms with Gasteiger partial charge in [-0.25, -0.2) is 4.39 Å². The van der Waals surface area contributed by atoms with Gasteiger partial charge in [-0.05, 0) is 56.3 Å². The number of halogens is 2. The van der Waals surface area contributed by atoms with Gasteiger partial charge >= 0.3 is 0 Å². The van der Waals surface area contributed by atoms with E-state index in [1.165, 1.54) is 18.3 Å². The second-order valence-corrected chi connectivity index (χ2v) is 6.17. The van der Waals surface area contributed by atoms with Crippen molar-refractivity contribution in [2.75, 3.05) is 28.6 Å². The zero-order valence-corrected chi connectivity index (χ0v) is 15.8. The highest BCUT2D eigenvalue weighted by Crippen LogP contribution is 2.23. The molecule has 0 atom stereocenters. The van der Waals surface area contributed by atoms with Gasteiger partial charge in [0.2, 0.25) is 5.95 Å². The Bertz CT molecular complexity index is 899. The minimum Gasteiger partial charge on any atom is -0.372 e. The summed E-state index contributed by atoms with van der Waals surface area (Å²) in [4.78, 5) is 6.63. The van der Waals surface area contributed by atoms with Crippen molar-refractivity contribution >= 4 is 40.4 Å². The van der Waals surface area contributed by atoms with Crippen LogP contribution in [0.1, 0.15) is 13.8 Å². The molecule has 0 spiro atoms. The van der Waals surface area contributed by atoms with Crippen molar-refractivity contribution in [3.63, 3.8) is 0 Å². The van der Waals surface area contributed by atoms with Gasteiger partial charge in [-0.3, -0.25) is 0 Å². The molecule has 8 heteroatoms. The number of nitrogens with zero attached hydrogens (tertiary/aromatic N) is 4. The number of anilines is 5. The van der Waals surface area contributed by atoms with E-state index in [1.54, 1.807) is 6.07 Å². The average molecular weight is 387 g/mol. The standard InChI is InChI=1S/C19H20ClFN6/c1-3-27(4-2)15-8-5-13(6-9-15)24-19-25-18(12-22-26-19)23-14-7-10-17(21)16(20)11-14/h5-12H,3-4H2,1-2H3,(H2,23,24,25,26). The van der Waals surface area contributed by atoms with Crippen LogP contribution >= 0.6 is 11.6 Å². The van der Waals surface area contributed by atoms with Crippen LogP contribution in [0.15, 0.2) is 48.7 Å². The molecular formula is C19H20ClFN6. The van der Waals surface area contributed by atoms with Crippen molar-refractivity contribution in [3.8, 4) is 0 Å². The minimum absolute atomic E-state index is 0.0358. The normalized spacial score (nSPS) is 10.5. The summed E-state index contributed by atoms with van der Waals surface area (Å²) in [6.45, 7) is 6.17. The molecule has 1 heterocycles. The summed E-state index contributed by atoms with van der Waals surface area (Å²) in [7, 11) is 0. The molecule has 0 fully saturated rings. The molecule has 27 heavy (non-hydrogen) atoms. The van der Waals surface area contributed by atoms with E-state index in [0.717, 1.165) is 24.5 Å². The van der Waals surface area contributed by atoms with E-state index < -0.39 is 5.82 Å². The summed E-state index contributed by atoms with van der Waals surface area (Å²) in [5, 5.41) is 14.1. The second kappa shape index (κ2) is 8.64. The molecule has 0 saturated carbocycles. The van der Waals surface area contributed by atoms with E-state index in [4.69, 9.17) is 11.6 Å². The SMILES string of the molecule is CCN(CC)c1ccc(Nc2nncc(Nc3ccc(F)c(Cl)c3)n2)cc1. The second-order valence-electron chi connectivity index (χ2n) is 5.76. The van der Waals surface area contributed by atoms with Crippen LogP contribution < -0.4 is 15.5 Å². The maximum absolute atomic E-state index is 13.3. The predicted molar refractivity (Wildman–Crippen MR) is 108 cm³/mol. The molecule has 1 aromatic heterocycles. The fourth-order valence-electron chi connectivity index (χ4n) is 2.61. The third-order valence-electron chi connectivity index (χ3n) is 4.00. The topological polar surface area (TPSA) is 66.0 Å². The molecule has 6 nitrogen and oxygen atoms in total. The summed E-state index contributed by atoms with van der Waals surface area (Å²) in [6.07, 6.45) is 1.48. The van der Waals surface area contributed by atoms with Crippen molar-refractivity contribution in [1.29, 1.82) is 0 Å². The van der Waals surface area contributed by atoms with Gasteiger partial charge in [-0.1, -0.05) is 11.6 Å². The maximum atomic E-state index is 13.3. The van der Waals surface area contributed by atoms with Gasteiger partial charge in [0, 0.05) is 30.2 Å². The van der Waals surface area contributed by atoms with Crippen LogP contribution in [-0.2, 0) is 0 Å². The van der Waals surface area contributed by atoms with E-state index >= 15 is 0 Å². The monoisotopic (exact) mass is 386 g/mol. The van der Waals surface area contributed by atoms with Crippen LogP contribution in [0.2, 0.25) is 5.02 Å². The van der Waals surface area contributed by atoms with Crippen molar-refractivity contribution < 1.29 is 4.39 Å². The zero-order chi connectivity index (χ0) is 19.2. The van der Waals surface area contributed by atoms with Crippen molar-refractivity contribution in [1.82, 2.24) is 15.2 Å². The Morgan fingerprint density at radius 3 is 2.37 bits per heavy atom. The Morgan fingerprint density at radius 1 is 1.00 bits per heavy atom. The summed E-state index contributed by atoms with van der Waals surface area (Å²) in [5.41, 5.74) is 2.62. The van der Waals surface area contributed by atoms with Crippen LogP contribution in [0, 0.1) is 5.82 Å². The molecule has 140 valence electrons. The molecule has 3 rings (SSSR count). The Hall–Kier alpha value is -2.93. The van der Waals surface area contributed by atoms with Crippen LogP contribution in [0.5, 0.6) is 0 Å². The molecule has 0 aliphatic carbocycles. The van der Waals surface area contributed by atoms with Crippen molar-refractivity contribution in [2.45, 2.75) is 13.8 Å². The Labute approximate surface area is 162 Å². The number of rotatable bonds is 7. The van der Waals surface area contributed by atoms with E-state index in [-0.39, 0.29) is 5.02 Å². The molecular weight excluding hydrogens is 367 g/mol. The lowest BCUT2D eigenvalue weighted by Gasteiger charge is -2.21. The first-order valence-electron chi connectivity index (χ1n) is 8.63. The first-order chi connectivity index (χ1) is 13.1. The van der Waals surface area contributed by atoms with Crippen LogP contribution in [0.4, 0.5) is 33.2 Å². The third-order valence-corrected chi connectivity index (χ3v) is 4.29. The molecule has 0 aliphatic rings. The lowest BCUT2D eigenvalue weighted by Crippen LogP contribution is -2.21. The lowest BCUT2D eigenvalue weighted by molar-refractivity contribution is 0.628. The van der Waals surface area contributed by atoms with E-state index in [1.807, 2.05) is 24.3 Å². The molecule has 0 amide bonds. The van der Waals surface area contributed by atoms with Gasteiger partial charge in [0.15, 0.2) is 5.82 Å². The maximum Gasteiger partial charge on any atom is 0.249 e. The number of nitrogens with one attached hydrogen (secondary N) is 2. The molecule has 0 aliphatic heterocycles. The van der Waals surface area contributed by atoms with E-state index in [2.05, 4.69) is 44.6 Å². The van der Waals surface area contributed by atoms with Gasteiger partial charge in [0.1, 0.15) is 5.82 Å². The summed E-state index contributed by atoms with van der Waals surface area (Å²) < 4.78 is 13.3. The largest absolute Gasteiger partial charge is 0.372 e. The van der Waals surface area contributed by atoms with E-state index in [0.29, 0.717) is 17.5 Å². The third kappa shape index (κ3) is 4.83. The van der Waals surface area contributed by atoms with Crippen LogP contribution in [-0.4, -0.2) is 28.3 Å². The molecule has 0 bridgehead atoms. The van der Waals surface area contributed by atoms with Gasteiger partial charge < -0.3 is 15.5 Å². The average Bonchev–Trinajstić information content (AvgIpc) is 2.67. The lowest BCUT2D eigenvalue weighted by atomic mass is 10.2. The summed E-state index contributed by atoms with van der Waals surface area (Å²) >= 11 is 5.80. The number of aromatic nitrogens is 3. The number of benzene rings is 2. The number of hydrogen-bond acceptors (Lipinski definition) is 6. The molecule has 0 unspecified atom stereocenters. The Morgan fingerprint density at radius 2 is 1.70 bits per heavy atom. The summed E-state index contributed by atoms with van der Waals surface area (Å²) in [6, 6.07) is 12.4. The highest BCUT2D eigenvalue weighted by Gasteiger charge is 2.06. The smallest absolute Gasteiger partial charge is 0.249 e.